The summed E-state index contributed by atoms with van der Waals surface area (Å²) in [6, 6.07) is 15.7. The van der Waals surface area contributed by atoms with Crippen molar-refractivity contribution in [1.29, 1.82) is 0 Å². The lowest BCUT2D eigenvalue weighted by Crippen LogP contribution is -2.39. The molecule has 25 heavy (non-hydrogen) atoms. The number of hydrogen-bond donors (Lipinski definition) is 1. The van der Waals surface area contributed by atoms with Gasteiger partial charge in [0.15, 0.2) is 0 Å². The third-order valence-corrected chi connectivity index (χ3v) is 4.32. The number of hydrogen-bond acceptors (Lipinski definition) is 2. The van der Waals surface area contributed by atoms with E-state index in [2.05, 4.69) is 5.32 Å². The highest BCUT2D eigenvalue weighted by Crippen LogP contribution is 2.22. The molecule has 0 fully saturated rings. The maximum Gasteiger partial charge on any atom is 0.313 e. The topological polar surface area (TPSA) is 49.4 Å². The zero-order chi connectivity index (χ0) is 18.2. The number of carbonyl (C=O) groups excluding carboxylic acids is 2. The number of nitrogens with zero attached hydrogens (tertiary/aromatic N) is 1. The van der Waals surface area contributed by atoms with Crippen molar-refractivity contribution in [2.24, 2.45) is 0 Å². The first kappa shape index (κ1) is 18.7. The molecule has 0 heterocycles. The minimum atomic E-state index is -0.576. The second-order valence-corrected chi connectivity index (χ2v) is 5.92. The lowest BCUT2D eigenvalue weighted by molar-refractivity contribution is -0.143. The molecule has 2 rings (SSSR count). The third kappa shape index (κ3) is 4.69. The SMILES string of the molecule is CCc1cccc(CC)c1NC(=O)C(=O)N(CC)Cc1ccccc1. The van der Waals surface area contributed by atoms with Crippen molar-refractivity contribution >= 4 is 17.5 Å². The molecule has 2 aromatic rings. The number of benzene rings is 2. The van der Waals surface area contributed by atoms with E-state index in [1.165, 1.54) is 0 Å². The molecule has 4 heteroatoms. The van der Waals surface area contributed by atoms with Crippen LogP contribution in [0.4, 0.5) is 5.69 Å². The lowest BCUT2D eigenvalue weighted by Gasteiger charge is -2.21. The minimum absolute atomic E-state index is 0.430. The fourth-order valence-corrected chi connectivity index (χ4v) is 2.84. The van der Waals surface area contributed by atoms with Crippen molar-refractivity contribution in [2.75, 3.05) is 11.9 Å². The first-order chi connectivity index (χ1) is 12.1. The summed E-state index contributed by atoms with van der Waals surface area (Å²) >= 11 is 0. The van der Waals surface area contributed by atoms with Gasteiger partial charge < -0.3 is 10.2 Å². The van der Waals surface area contributed by atoms with Gasteiger partial charge in [-0.25, -0.2) is 0 Å². The van der Waals surface area contributed by atoms with Gasteiger partial charge in [0.2, 0.25) is 0 Å². The van der Waals surface area contributed by atoms with Gasteiger partial charge in [-0.05, 0) is 36.5 Å². The van der Waals surface area contributed by atoms with Crippen molar-refractivity contribution < 1.29 is 9.59 Å². The van der Waals surface area contributed by atoms with Crippen LogP contribution in [0.2, 0.25) is 0 Å². The Kier molecular flexibility index (Phi) is 6.75. The Balaban J connectivity index is 2.15. The monoisotopic (exact) mass is 338 g/mol. The van der Waals surface area contributed by atoms with E-state index in [4.69, 9.17) is 0 Å². The van der Waals surface area contributed by atoms with E-state index in [1.807, 2.05) is 69.3 Å². The van der Waals surface area contributed by atoms with Crippen molar-refractivity contribution in [3.63, 3.8) is 0 Å². The molecule has 0 atom stereocenters. The Hall–Kier alpha value is -2.62. The number of amides is 2. The molecule has 4 nitrogen and oxygen atoms in total. The molecule has 0 bridgehead atoms. The van der Waals surface area contributed by atoms with Crippen molar-refractivity contribution in [2.45, 2.75) is 40.2 Å². The summed E-state index contributed by atoms with van der Waals surface area (Å²) in [5.74, 6) is -1.08. The molecule has 2 aromatic carbocycles. The molecule has 1 N–H and O–H groups in total. The Morgan fingerprint density at radius 2 is 1.48 bits per heavy atom. The first-order valence-corrected chi connectivity index (χ1v) is 8.85. The van der Waals surface area contributed by atoms with Crippen LogP contribution >= 0.6 is 0 Å². The van der Waals surface area contributed by atoms with Gasteiger partial charge in [-0.15, -0.1) is 0 Å². The van der Waals surface area contributed by atoms with Crippen LogP contribution in [0.25, 0.3) is 0 Å². The number of nitrogens with one attached hydrogen (secondary N) is 1. The van der Waals surface area contributed by atoms with Gasteiger partial charge >= 0.3 is 11.8 Å². The van der Waals surface area contributed by atoms with Crippen LogP contribution in [0.15, 0.2) is 48.5 Å². The van der Waals surface area contributed by atoms with Crippen molar-refractivity contribution in [3.05, 3.63) is 65.2 Å². The second-order valence-electron chi connectivity index (χ2n) is 5.92. The van der Waals surface area contributed by atoms with Crippen molar-refractivity contribution in [3.8, 4) is 0 Å². The molecular formula is C21H26N2O2. The number of rotatable bonds is 6. The normalized spacial score (nSPS) is 10.4. The molecule has 0 saturated heterocycles. The van der Waals surface area contributed by atoms with E-state index in [0.29, 0.717) is 13.1 Å². The first-order valence-electron chi connectivity index (χ1n) is 8.85. The Morgan fingerprint density at radius 1 is 0.880 bits per heavy atom. The minimum Gasteiger partial charge on any atom is -0.330 e. The Bertz CT molecular complexity index is 704. The fraction of sp³-hybridized carbons (Fsp3) is 0.333. The summed E-state index contributed by atoms with van der Waals surface area (Å²) in [6.07, 6.45) is 1.61. The summed E-state index contributed by atoms with van der Waals surface area (Å²) in [4.78, 5) is 26.7. The molecule has 0 aliphatic heterocycles. The quantitative estimate of drug-likeness (QED) is 0.815. The van der Waals surface area contributed by atoms with E-state index < -0.39 is 11.8 Å². The smallest absolute Gasteiger partial charge is 0.313 e. The maximum atomic E-state index is 12.6. The van der Waals surface area contributed by atoms with Gasteiger partial charge in [0.1, 0.15) is 0 Å². The highest BCUT2D eigenvalue weighted by Gasteiger charge is 2.22. The Labute approximate surface area is 149 Å². The molecule has 0 aromatic heterocycles. The number of para-hydroxylation sites is 1. The van der Waals surface area contributed by atoms with Crippen LogP contribution in [0.1, 0.15) is 37.5 Å². The molecular weight excluding hydrogens is 312 g/mol. The molecule has 0 unspecified atom stereocenters. The molecule has 0 aliphatic carbocycles. The standard InChI is InChI=1S/C21H26N2O2/c1-4-17-13-10-14-18(5-2)19(17)22-20(24)21(25)23(6-3)15-16-11-8-7-9-12-16/h7-14H,4-6,15H2,1-3H3,(H,22,24). The summed E-state index contributed by atoms with van der Waals surface area (Å²) in [6.45, 7) is 6.88. The van der Waals surface area contributed by atoms with Gasteiger partial charge in [-0.1, -0.05) is 62.4 Å². The maximum absolute atomic E-state index is 12.6. The number of likely N-dealkylation sites (N-methyl/N-ethyl adjacent to an activating group) is 1. The van der Waals surface area contributed by atoms with Crippen LogP contribution in [0, 0.1) is 0 Å². The number of aryl methyl sites for hydroxylation is 2. The van der Waals surface area contributed by atoms with Gasteiger partial charge in [0.05, 0.1) is 0 Å². The van der Waals surface area contributed by atoms with Crippen LogP contribution in [0.3, 0.4) is 0 Å². The molecule has 0 aliphatic rings. The van der Waals surface area contributed by atoms with Crippen LogP contribution in [-0.2, 0) is 29.0 Å². The largest absolute Gasteiger partial charge is 0.330 e. The molecule has 0 saturated carbocycles. The average molecular weight is 338 g/mol. The second kappa shape index (κ2) is 9.02. The zero-order valence-corrected chi connectivity index (χ0v) is 15.2. The van der Waals surface area contributed by atoms with E-state index in [0.717, 1.165) is 35.2 Å². The number of carbonyl (C=O) groups is 2. The van der Waals surface area contributed by atoms with E-state index in [1.54, 1.807) is 4.90 Å². The summed E-state index contributed by atoms with van der Waals surface area (Å²) in [7, 11) is 0. The summed E-state index contributed by atoms with van der Waals surface area (Å²) < 4.78 is 0. The van der Waals surface area contributed by atoms with E-state index in [9.17, 15) is 9.59 Å². The van der Waals surface area contributed by atoms with Gasteiger partial charge in [-0.3, -0.25) is 9.59 Å². The van der Waals surface area contributed by atoms with Gasteiger partial charge in [0.25, 0.3) is 0 Å². The van der Waals surface area contributed by atoms with Gasteiger partial charge in [-0.2, -0.15) is 0 Å². The van der Waals surface area contributed by atoms with Crippen LogP contribution in [-0.4, -0.2) is 23.3 Å². The molecule has 0 spiro atoms. The predicted molar refractivity (Wildman–Crippen MR) is 101 cm³/mol. The molecule has 132 valence electrons. The highest BCUT2D eigenvalue weighted by molar-refractivity contribution is 6.39. The van der Waals surface area contributed by atoms with E-state index in [-0.39, 0.29) is 0 Å². The van der Waals surface area contributed by atoms with E-state index >= 15 is 0 Å². The molecule has 0 radical (unpaired) electrons. The highest BCUT2D eigenvalue weighted by atomic mass is 16.2. The summed E-state index contributed by atoms with van der Waals surface area (Å²) in [5, 5.41) is 2.85. The average Bonchev–Trinajstić information content (AvgIpc) is 2.66. The fourth-order valence-electron chi connectivity index (χ4n) is 2.84. The Morgan fingerprint density at radius 3 is 2.00 bits per heavy atom. The van der Waals surface area contributed by atoms with Crippen LogP contribution in [0.5, 0.6) is 0 Å². The number of anilines is 1. The third-order valence-electron chi connectivity index (χ3n) is 4.32. The van der Waals surface area contributed by atoms with Crippen molar-refractivity contribution in [1.82, 2.24) is 4.90 Å². The lowest BCUT2D eigenvalue weighted by atomic mass is 10.0. The zero-order valence-electron chi connectivity index (χ0n) is 15.2. The van der Waals surface area contributed by atoms with Crippen LogP contribution < -0.4 is 5.32 Å². The predicted octanol–water partition coefficient (Wildman–Crippen LogP) is 3.80. The summed E-state index contributed by atoms with van der Waals surface area (Å²) in [5.41, 5.74) is 3.88. The van der Waals surface area contributed by atoms with Gasteiger partial charge in [0, 0.05) is 18.8 Å². The molecule has 2 amide bonds.